The van der Waals surface area contributed by atoms with E-state index in [-0.39, 0.29) is 25.0 Å². The fourth-order valence-corrected chi connectivity index (χ4v) is 3.45. The molecule has 0 saturated carbocycles. The van der Waals surface area contributed by atoms with Crippen molar-refractivity contribution in [1.82, 2.24) is 10.2 Å². The predicted molar refractivity (Wildman–Crippen MR) is 130 cm³/mol. The van der Waals surface area contributed by atoms with E-state index in [1.54, 1.807) is 18.9 Å². The van der Waals surface area contributed by atoms with Gasteiger partial charge >= 0.3 is 0 Å². The smallest absolute Gasteiger partial charge is 0.261 e. The molecule has 0 saturated heterocycles. The van der Waals surface area contributed by atoms with E-state index in [1.165, 1.54) is 0 Å². The van der Waals surface area contributed by atoms with E-state index in [0.717, 1.165) is 21.2 Å². The molecule has 1 atom stereocenters. The van der Waals surface area contributed by atoms with Crippen LogP contribution in [-0.4, -0.2) is 43.0 Å². The Morgan fingerprint density at radius 3 is 2.31 bits per heavy atom. The van der Waals surface area contributed by atoms with Crippen molar-refractivity contribution in [3.63, 3.8) is 0 Å². The number of nitrogens with one attached hydrogen (secondary N) is 1. The van der Waals surface area contributed by atoms with Crippen molar-refractivity contribution >= 4 is 27.7 Å². The number of methoxy groups -OCH3 is 1. The highest BCUT2D eigenvalue weighted by molar-refractivity contribution is 9.10. The van der Waals surface area contributed by atoms with E-state index >= 15 is 0 Å². The molecule has 1 N–H and O–H groups in total. The van der Waals surface area contributed by atoms with E-state index in [4.69, 9.17) is 9.47 Å². The molecule has 0 bridgehead atoms. The van der Waals surface area contributed by atoms with Crippen LogP contribution in [0.2, 0.25) is 0 Å². The highest BCUT2D eigenvalue weighted by Gasteiger charge is 2.26. The zero-order valence-electron chi connectivity index (χ0n) is 19.7. The fourth-order valence-electron chi connectivity index (χ4n) is 3.22. The maximum atomic E-state index is 13.2. The third-order valence-corrected chi connectivity index (χ3v) is 6.36. The summed E-state index contributed by atoms with van der Waals surface area (Å²) in [5.41, 5.74) is 2.93. The van der Waals surface area contributed by atoms with Gasteiger partial charge in [-0.15, -0.1) is 0 Å². The molecule has 7 heteroatoms. The molecular weight excluding hydrogens is 472 g/mol. The minimum atomic E-state index is -0.649. The molecule has 1 unspecified atom stereocenters. The zero-order chi connectivity index (χ0) is 23.8. The quantitative estimate of drug-likeness (QED) is 0.511. The molecular formula is C25H33BrN2O4. The van der Waals surface area contributed by atoms with Gasteiger partial charge in [-0.1, -0.05) is 41.9 Å². The van der Waals surface area contributed by atoms with Crippen molar-refractivity contribution < 1.29 is 19.1 Å². The average Bonchev–Trinajstić information content (AvgIpc) is 2.77. The minimum absolute atomic E-state index is 0.160. The van der Waals surface area contributed by atoms with Crippen molar-refractivity contribution in [2.24, 2.45) is 5.92 Å². The maximum Gasteiger partial charge on any atom is 0.261 e. The lowest BCUT2D eigenvalue weighted by Gasteiger charge is -2.29. The van der Waals surface area contributed by atoms with Crippen LogP contribution in [0, 0.1) is 19.8 Å². The first kappa shape index (κ1) is 25.7. The summed E-state index contributed by atoms with van der Waals surface area (Å²) in [5.74, 6) is 1.18. The van der Waals surface area contributed by atoms with Crippen molar-refractivity contribution in [3.05, 3.63) is 57.6 Å². The van der Waals surface area contributed by atoms with Gasteiger partial charge in [0, 0.05) is 17.6 Å². The number of hydrogen-bond donors (Lipinski definition) is 1. The molecule has 2 aromatic carbocycles. The lowest BCUT2D eigenvalue weighted by molar-refractivity contribution is -0.142. The molecule has 0 aliphatic rings. The van der Waals surface area contributed by atoms with Crippen LogP contribution in [0.15, 0.2) is 40.9 Å². The molecule has 2 aromatic rings. The molecule has 0 radical (unpaired) electrons. The van der Waals surface area contributed by atoms with E-state index < -0.39 is 6.04 Å². The Morgan fingerprint density at radius 1 is 1.06 bits per heavy atom. The van der Waals surface area contributed by atoms with Crippen molar-refractivity contribution in [3.8, 4) is 11.5 Å². The van der Waals surface area contributed by atoms with Gasteiger partial charge in [0.15, 0.2) is 6.61 Å². The molecule has 0 aliphatic carbocycles. The highest BCUT2D eigenvalue weighted by atomic mass is 79.9. The van der Waals surface area contributed by atoms with Crippen molar-refractivity contribution in [1.29, 1.82) is 0 Å². The number of hydrogen-bond acceptors (Lipinski definition) is 4. The van der Waals surface area contributed by atoms with Crippen LogP contribution in [0.1, 0.15) is 37.5 Å². The number of carbonyl (C=O) groups excluding carboxylic acids is 2. The lowest BCUT2D eigenvalue weighted by atomic mass is 10.1. The first-order valence-corrected chi connectivity index (χ1v) is 11.5. The Bertz CT molecular complexity index is 922. The van der Waals surface area contributed by atoms with Crippen LogP contribution in [0.5, 0.6) is 11.5 Å². The molecule has 0 fully saturated rings. The van der Waals surface area contributed by atoms with Gasteiger partial charge in [-0.05, 0) is 67.6 Å². The van der Waals surface area contributed by atoms with Crippen molar-refractivity contribution in [2.75, 3.05) is 20.3 Å². The van der Waals surface area contributed by atoms with Gasteiger partial charge in [-0.25, -0.2) is 0 Å². The molecule has 2 rings (SSSR count). The molecule has 0 heterocycles. The summed E-state index contributed by atoms with van der Waals surface area (Å²) in [6, 6.07) is 10.6. The number of amides is 2. The number of benzene rings is 2. The van der Waals surface area contributed by atoms with Crippen LogP contribution < -0.4 is 14.8 Å². The van der Waals surface area contributed by atoms with E-state index in [0.29, 0.717) is 24.0 Å². The summed E-state index contributed by atoms with van der Waals surface area (Å²) in [4.78, 5) is 27.5. The number of ether oxygens (including phenoxy) is 2. The first-order valence-electron chi connectivity index (χ1n) is 10.7. The summed E-state index contributed by atoms with van der Waals surface area (Å²) in [5, 5.41) is 2.92. The van der Waals surface area contributed by atoms with Gasteiger partial charge < -0.3 is 19.7 Å². The van der Waals surface area contributed by atoms with Gasteiger partial charge in [0.2, 0.25) is 5.91 Å². The Hall–Kier alpha value is -2.54. The Labute approximate surface area is 199 Å². The molecule has 174 valence electrons. The molecule has 0 spiro atoms. The van der Waals surface area contributed by atoms with Gasteiger partial charge in [-0.3, -0.25) is 9.59 Å². The third kappa shape index (κ3) is 7.26. The highest BCUT2D eigenvalue weighted by Crippen LogP contribution is 2.26. The van der Waals surface area contributed by atoms with Crippen LogP contribution in [-0.2, 0) is 16.1 Å². The van der Waals surface area contributed by atoms with Gasteiger partial charge in [0.25, 0.3) is 5.91 Å². The average molecular weight is 505 g/mol. The van der Waals surface area contributed by atoms with Crippen LogP contribution >= 0.6 is 15.9 Å². The van der Waals surface area contributed by atoms with Crippen molar-refractivity contribution in [2.45, 2.75) is 47.2 Å². The Balaban J connectivity index is 2.19. The summed E-state index contributed by atoms with van der Waals surface area (Å²) >= 11 is 3.54. The summed E-state index contributed by atoms with van der Waals surface area (Å²) in [7, 11) is 1.60. The SMILES string of the molecule is COc1cccc(CN(C(=O)COc2cc(C)c(Br)c(C)c2)C(C)C(=O)NCC(C)C)c1. The topological polar surface area (TPSA) is 67.9 Å². The standard InChI is InChI=1S/C25H33BrN2O4/c1-16(2)13-27-25(30)19(5)28(14-20-8-7-9-21(12-20)31-6)23(29)15-32-22-10-17(3)24(26)18(4)11-22/h7-12,16,19H,13-15H2,1-6H3,(H,27,30). The Morgan fingerprint density at radius 2 is 1.72 bits per heavy atom. The second kappa shape index (κ2) is 11.9. The fraction of sp³-hybridized carbons (Fsp3) is 0.440. The molecule has 0 aliphatic heterocycles. The third-order valence-electron chi connectivity index (χ3n) is 5.11. The number of rotatable bonds is 10. The molecule has 0 aromatic heterocycles. The number of nitrogens with zero attached hydrogens (tertiary/aromatic N) is 1. The van der Waals surface area contributed by atoms with Crippen LogP contribution in [0.25, 0.3) is 0 Å². The first-order chi connectivity index (χ1) is 15.1. The number of aryl methyl sites for hydroxylation is 2. The summed E-state index contributed by atoms with van der Waals surface area (Å²) in [6.45, 7) is 10.4. The maximum absolute atomic E-state index is 13.2. The summed E-state index contributed by atoms with van der Waals surface area (Å²) < 4.78 is 12.1. The van der Waals surface area contributed by atoms with Crippen LogP contribution in [0.3, 0.4) is 0 Å². The predicted octanol–water partition coefficient (Wildman–Crippen LogP) is 4.64. The molecule has 2 amide bonds. The summed E-state index contributed by atoms with van der Waals surface area (Å²) in [6.07, 6.45) is 0. The second-order valence-corrected chi connectivity index (χ2v) is 9.14. The zero-order valence-corrected chi connectivity index (χ0v) is 21.3. The van der Waals surface area contributed by atoms with Gasteiger partial charge in [-0.2, -0.15) is 0 Å². The van der Waals surface area contributed by atoms with Gasteiger partial charge in [0.05, 0.1) is 7.11 Å². The van der Waals surface area contributed by atoms with Crippen LogP contribution in [0.4, 0.5) is 0 Å². The Kier molecular flexibility index (Phi) is 9.57. The second-order valence-electron chi connectivity index (χ2n) is 8.35. The van der Waals surface area contributed by atoms with E-state index in [1.807, 2.05) is 64.1 Å². The normalized spacial score (nSPS) is 11.8. The van der Waals surface area contributed by atoms with Gasteiger partial charge in [0.1, 0.15) is 17.5 Å². The number of halogens is 1. The largest absolute Gasteiger partial charge is 0.497 e. The number of carbonyl (C=O) groups is 2. The molecule has 32 heavy (non-hydrogen) atoms. The minimum Gasteiger partial charge on any atom is -0.497 e. The lowest BCUT2D eigenvalue weighted by Crippen LogP contribution is -2.49. The monoisotopic (exact) mass is 504 g/mol. The van der Waals surface area contributed by atoms with E-state index in [9.17, 15) is 9.59 Å². The van der Waals surface area contributed by atoms with E-state index in [2.05, 4.69) is 21.2 Å². The molecule has 6 nitrogen and oxygen atoms in total.